The number of aliphatic carboxylic acids is 1. The second-order valence-electron chi connectivity index (χ2n) is 12.7. The molecule has 0 bridgehead atoms. The van der Waals surface area contributed by atoms with Crippen LogP contribution < -0.4 is 0 Å². The summed E-state index contributed by atoms with van der Waals surface area (Å²) in [5, 5.41) is 20.9. The van der Waals surface area contributed by atoms with E-state index in [0.29, 0.717) is 17.8 Å². The molecule has 3 nitrogen and oxygen atoms in total. The van der Waals surface area contributed by atoms with Gasteiger partial charge in [-0.3, -0.25) is 4.79 Å². The first-order chi connectivity index (χ1) is 15.0. The SMILES string of the molecule is CC(C)=CCC[C@@H](C)[C@H]1CC[C@H]2C3=C(CC[C@]12C)[C@@]1(C)CCC(O)C(C)(C(=O)O)C1CC3. The molecule has 180 valence electrons. The highest BCUT2D eigenvalue weighted by atomic mass is 16.4. The summed E-state index contributed by atoms with van der Waals surface area (Å²) in [5.41, 5.74) is 4.06. The summed E-state index contributed by atoms with van der Waals surface area (Å²) in [5.74, 6) is 1.48. The standard InChI is InChI=1S/C29H46O3/c1-18(2)8-7-9-19(3)21-11-12-22-20-10-13-24-28(5,23(20)14-16-27(21,22)4)17-15-25(30)29(24,6)26(31)32/h8,19,21-22,24-25,30H,7,9-17H2,1-6H3,(H,31,32)/t19-,21-,22+,24?,25?,27-,28-,29?/m1/s1. The van der Waals surface area contributed by atoms with Crippen LogP contribution in [-0.2, 0) is 4.79 Å². The molecule has 3 heteroatoms. The predicted octanol–water partition coefficient (Wildman–Crippen LogP) is 7.15. The maximum atomic E-state index is 12.3. The Labute approximate surface area is 195 Å². The molecule has 3 unspecified atom stereocenters. The summed E-state index contributed by atoms with van der Waals surface area (Å²) in [6.07, 6.45) is 12.7. The van der Waals surface area contributed by atoms with Gasteiger partial charge in [0.2, 0.25) is 0 Å². The average Bonchev–Trinajstić information content (AvgIpc) is 3.08. The molecule has 0 saturated heterocycles. The molecule has 2 saturated carbocycles. The highest BCUT2D eigenvalue weighted by molar-refractivity contribution is 5.76. The summed E-state index contributed by atoms with van der Waals surface area (Å²) in [6, 6.07) is 0. The van der Waals surface area contributed by atoms with Crippen LogP contribution in [0.3, 0.4) is 0 Å². The first-order valence-corrected chi connectivity index (χ1v) is 13.2. The Kier molecular flexibility index (Phi) is 6.23. The largest absolute Gasteiger partial charge is 0.481 e. The molecule has 0 aromatic carbocycles. The summed E-state index contributed by atoms with van der Waals surface area (Å²) < 4.78 is 0. The summed E-state index contributed by atoms with van der Waals surface area (Å²) in [7, 11) is 0. The number of aliphatic hydroxyl groups is 1. The fraction of sp³-hybridized carbons (Fsp3) is 0.828. The Morgan fingerprint density at radius 1 is 1.09 bits per heavy atom. The van der Waals surface area contributed by atoms with Crippen molar-refractivity contribution in [3.63, 3.8) is 0 Å². The average molecular weight is 443 g/mol. The lowest BCUT2D eigenvalue weighted by Crippen LogP contribution is -2.58. The number of allylic oxidation sites excluding steroid dienone is 4. The third kappa shape index (κ3) is 3.44. The monoisotopic (exact) mass is 442 g/mol. The fourth-order valence-electron chi connectivity index (χ4n) is 9.08. The van der Waals surface area contributed by atoms with Crippen molar-refractivity contribution in [2.75, 3.05) is 0 Å². The first-order valence-electron chi connectivity index (χ1n) is 13.2. The number of fused-ring (bicyclic) bond motifs is 4. The molecule has 0 aromatic heterocycles. The molecule has 0 amide bonds. The summed E-state index contributed by atoms with van der Waals surface area (Å²) in [4.78, 5) is 12.3. The quantitative estimate of drug-likeness (QED) is 0.444. The van der Waals surface area contributed by atoms with E-state index in [-0.39, 0.29) is 11.3 Å². The summed E-state index contributed by atoms with van der Waals surface area (Å²) >= 11 is 0. The molecule has 4 aliphatic rings. The second-order valence-corrected chi connectivity index (χ2v) is 12.7. The lowest BCUT2D eigenvalue weighted by molar-refractivity contribution is -0.175. The van der Waals surface area contributed by atoms with Gasteiger partial charge in [0, 0.05) is 0 Å². The highest BCUT2D eigenvalue weighted by Crippen LogP contribution is 2.68. The zero-order valence-corrected chi connectivity index (χ0v) is 21.3. The minimum absolute atomic E-state index is 0.0413. The van der Waals surface area contributed by atoms with Crippen LogP contribution in [0.5, 0.6) is 0 Å². The second kappa shape index (κ2) is 8.29. The van der Waals surface area contributed by atoms with Crippen molar-refractivity contribution in [2.45, 2.75) is 112 Å². The normalized spacial score (nSPS) is 44.3. The van der Waals surface area contributed by atoms with Gasteiger partial charge in [0.1, 0.15) is 0 Å². The van der Waals surface area contributed by atoms with Crippen molar-refractivity contribution >= 4 is 5.97 Å². The van der Waals surface area contributed by atoms with Crippen LogP contribution in [0.15, 0.2) is 22.8 Å². The van der Waals surface area contributed by atoms with Crippen molar-refractivity contribution in [1.82, 2.24) is 0 Å². The van der Waals surface area contributed by atoms with Gasteiger partial charge in [-0.05, 0) is 119 Å². The van der Waals surface area contributed by atoms with E-state index < -0.39 is 17.5 Å². The van der Waals surface area contributed by atoms with E-state index in [2.05, 4.69) is 40.7 Å². The zero-order chi connectivity index (χ0) is 23.5. The minimum atomic E-state index is -1.02. The molecular weight excluding hydrogens is 396 g/mol. The molecule has 0 spiro atoms. The third-order valence-corrected chi connectivity index (χ3v) is 11.0. The Bertz CT molecular complexity index is 820. The van der Waals surface area contributed by atoms with Gasteiger partial charge in [0.25, 0.3) is 0 Å². The van der Waals surface area contributed by atoms with Gasteiger partial charge >= 0.3 is 5.97 Å². The molecule has 4 rings (SSSR count). The molecular formula is C29H46O3. The fourth-order valence-corrected chi connectivity index (χ4v) is 9.08. The maximum absolute atomic E-state index is 12.3. The van der Waals surface area contributed by atoms with Crippen molar-refractivity contribution in [2.24, 2.45) is 39.9 Å². The number of rotatable bonds is 5. The van der Waals surface area contributed by atoms with Gasteiger partial charge in [-0.25, -0.2) is 0 Å². The molecule has 0 aromatic rings. The maximum Gasteiger partial charge on any atom is 0.312 e. The van der Waals surface area contributed by atoms with E-state index in [1.54, 1.807) is 11.1 Å². The number of hydrogen-bond donors (Lipinski definition) is 2. The van der Waals surface area contributed by atoms with Crippen molar-refractivity contribution in [3.05, 3.63) is 22.8 Å². The zero-order valence-electron chi connectivity index (χ0n) is 21.3. The number of hydrogen-bond acceptors (Lipinski definition) is 2. The molecule has 2 N–H and O–H groups in total. The van der Waals surface area contributed by atoms with E-state index in [4.69, 9.17) is 0 Å². The Hall–Kier alpha value is -1.09. The lowest BCUT2D eigenvalue weighted by atomic mass is 9.45. The smallest absolute Gasteiger partial charge is 0.312 e. The number of carbonyl (C=O) groups is 1. The first kappa shape index (κ1) is 24.0. The van der Waals surface area contributed by atoms with Crippen LogP contribution in [-0.4, -0.2) is 22.3 Å². The molecule has 2 fully saturated rings. The van der Waals surface area contributed by atoms with Gasteiger partial charge in [-0.15, -0.1) is 0 Å². The van der Waals surface area contributed by atoms with E-state index in [1.807, 2.05) is 6.92 Å². The van der Waals surface area contributed by atoms with Crippen LogP contribution in [0.2, 0.25) is 0 Å². The Morgan fingerprint density at radius 3 is 2.47 bits per heavy atom. The predicted molar refractivity (Wildman–Crippen MR) is 130 cm³/mol. The van der Waals surface area contributed by atoms with Gasteiger partial charge in [0.05, 0.1) is 11.5 Å². The minimum Gasteiger partial charge on any atom is -0.481 e. The summed E-state index contributed by atoms with van der Waals surface area (Å²) in [6.45, 7) is 13.6. The molecule has 0 radical (unpaired) electrons. The van der Waals surface area contributed by atoms with Crippen LogP contribution in [0, 0.1) is 39.9 Å². The van der Waals surface area contributed by atoms with E-state index >= 15 is 0 Å². The number of aliphatic hydroxyl groups excluding tert-OH is 1. The van der Waals surface area contributed by atoms with Gasteiger partial charge in [-0.2, -0.15) is 0 Å². The Balaban J connectivity index is 1.62. The topological polar surface area (TPSA) is 57.5 Å². The molecule has 0 heterocycles. The van der Waals surface area contributed by atoms with Gasteiger partial charge in [0.15, 0.2) is 0 Å². The van der Waals surface area contributed by atoms with E-state index in [9.17, 15) is 15.0 Å². The van der Waals surface area contributed by atoms with Crippen molar-refractivity contribution in [3.8, 4) is 0 Å². The van der Waals surface area contributed by atoms with Crippen LogP contribution in [0.25, 0.3) is 0 Å². The Morgan fingerprint density at radius 2 is 1.81 bits per heavy atom. The van der Waals surface area contributed by atoms with Gasteiger partial charge < -0.3 is 10.2 Å². The van der Waals surface area contributed by atoms with Crippen LogP contribution >= 0.6 is 0 Å². The molecule has 4 aliphatic carbocycles. The lowest BCUT2D eigenvalue weighted by Gasteiger charge is -2.59. The third-order valence-electron chi connectivity index (χ3n) is 11.0. The van der Waals surface area contributed by atoms with E-state index in [0.717, 1.165) is 37.5 Å². The highest BCUT2D eigenvalue weighted by Gasteiger charge is 2.62. The molecule has 0 aliphatic heterocycles. The van der Waals surface area contributed by atoms with Gasteiger partial charge in [-0.1, -0.05) is 43.6 Å². The van der Waals surface area contributed by atoms with E-state index in [1.165, 1.54) is 37.7 Å². The molecule has 8 atom stereocenters. The van der Waals surface area contributed by atoms with Crippen molar-refractivity contribution < 1.29 is 15.0 Å². The molecule has 32 heavy (non-hydrogen) atoms. The number of carboxylic acids is 1. The van der Waals surface area contributed by atoms with Crippen LogP contribution in [0.4, 0.5) is 0 Å². The number of carboxylic acid groups (broad SMARTS) is 1. The van der Waals surface area contributed by atoms with Crippen LogP contribution in [0.1, 0.15) is 106 Å². The van der Waals surface area contributed by atoms with Crippen molar-refractivity contribution in [1.29, 1.82) is 0 Å².